The first kappa shape index (κ1) is 16.6. The average Bonchev–Trinajstić information content (AvgIpc) is 2.81. The van der Waals surface area contributed by atoms with E-state index in [1.807, 2.05) is 31.3 Å². The van der Waals surface area contributed by atoms with Crippen molar-refractivity contribution < 1.29 is 9.53 Å². The van der Waals surface area contributed by atoms with Gasteiger partial charge >= 0.3 is 0 Å². The van der Waals surface area contributed by atoms with E-state index in [2.05, 4.69) is 23.4 Å². The predicted octanol–water partition coefficient (Wildman–Crippen LogP) is 2.74. The van der Waals surface area contributed by atoms with Crippen molar-refractivity contribution in [2.24, 2.45) is 13.0 Å². The smallest absolute Gasteiger partial charge is 0.269 e. The molecule has 3 rings (SSSR count). The number of rotatable bonds is 5. The van der Waals surface area contributed by atoms with Crippen LogP contribution >= 0.6 is 0 Å². The molecular formula is C19H25N3O2. The van der Waals surface area contributed by atoms with Crippen LogP contribution in [0.15, 0.2) is 30.3 Å². The lowest BCUT2D eigenvalue weighted by Crippen LogP contribution is -2.31. The minimum Gasteiger partial charge on any atom is -0.493 e. The Morgan fingerprint density at radius 3 is 3.08 bits per heavy atom. The predicted molar refractivity (Wildman–Crippen MR) is 93.3 cm³/mol. The highest BCUT2D eigenvalue weighted by atomic mass is 16.5. The van der Waals surface area contributed by atoms with Crippen molar-refractivity contribution in [1.82, 2.24) is 15.1 Å². The molecule has 0 fully saturated rings. The van der Waals surface area contributed by atoms with Crippen LogP contribution in [0.1, 0.15) is 41.5 Å². The van der Waals surface area contributed by atoms with Crippen molar-refractivity contribution in [2.75, 3.05) is 13.2 Å². The number of benzene rings is 1. The number of hydrogen-bond acceptors (Lipinski definition) is 3. The third-order valence-corrected chi connectivity index (χ3v) is 4.49. The number of nitrogens with one attached hydrogen (secondary N) is 1. The Bertz CT molecular complexity index is 708. The molecule has 2 aromatic rings. The summed E-state index contributed by atoms with van der Waals surface area (Å²) >= 11 is 0. The molecule has 0 radical (unpaired) electrons. The van der Waals surface area contributed by atoms with Crippen LogP contribution in [-0.2, 0) is 19.9 Å². The van der Waals surface area contributed by atoms with Crippen molar-refractivity contribution >= 4 is 5.91 Å². The molecule has 0 saturated heterocycles. The van der Waals surface area contributed by atoms with Crippen molar-refractivity contribution in [1.29, 1.82) is 0 Å². The van der Waals surface area contributed by atoms with Gasteiger partial charge in [0.05, 0.1) is 12.3 Å². The number of carbonyl (C=O) groups is 1. The first-order valence-corrected chi connectivity index (χ1v) is 8.69. The number of ether oxygens (including phenoxy) is 1. The molecule has 128 valence electrons. The van der Waals surface area contributed by atoms with E-state index in [1.54, 1.807) is 4.68 Å². The maximum Gasteiger partial charge on any atom is 0.269 e. The zero-order chi connectivity index (χ0) is 16.9. The Labute approximate surface area is 143 Å². The summed E-state index contributed by atoms with van der Waals surface area (Å²) in [5, 5.41) is 7.46. The molecule has 2 heterocycles. The second kappa shape index (κ2) is 7.51. The molecule has 1 aliphatic rings. The van der Waals surface area contributed by atoms with Gasteiger partial charge in [0.25, 0.3) is 5.91 Å². The van der Waals surface area contributed by atoms with Crippen molar-refractivity contribution in [3.63, 3.8) is 0 Å². The lowest BCUT2D eigenvalue weighted by atomic mass is 9.97. The number of hydrogen-bond donors (Lipinski definition) is 1. The second-order valence-electron chi connectivity index (χ2n) is 6.42. The molecule has 1 aliphatic heterocycles. The van der Waals surface area contributed by atoms with Gasteiger partial charge in [0.15, 0.2) is 0 Å². The Kier molecular flexibility index (Phi) is 5.18. The van der Waals surface area contributed by atoms with Crippen LogP contribution < -0.4 is 10.1 Å². The number of fused-ring (bicyclic) bond motifs is 1. The molecule has 1 amide bonds. The van der Waals surface area contributed by atoms with E-state index < -0.39 is 0 Å². The summed E-state index contributed by atoms with van der Waals surface area (Å²) < 4.78 is 7.47. The number of carbonyl (C=O) groups excluding carboxylic acids is 1. The summed E-state index contributed by atoms with van der Waals surface area (Å²) in [6.45, 7) is 3.47. The molecule has 24 heavy (non-hydrogen) atoms. The molecular weight excluding hydrogens is 302 g/mol. The van der Waals surface area contributed by atoms with Gasteiger partial charge in [-0.1, -0.05) is 31.5 Å². The minimum atomic E-state index is -0.0502. The van der Waals surface area contributed by atoms with Crippen LogP contribution in [0.4, 0.5) is 0 Å². The normalized spacial score (nSPS) is 16.8. The van der Waals surface area contributed by atoms with Gasteiger partial charge in [-0.15, -0.1) is 0 Å². The zero-order valence-corrected chi connectivity index (χ0v) is 14.4. The molecule has 0 spiro atoms. The molecule has 0 unspecified atom stereocenters. The number of aromatic nitrogens is 2. The molecule has 5 heteroatoms. The summed E-state index contributed by atoms with van der Waals surface area (Å²) in [5.74, 6) is 1.31. The third kappa shape index (κ3) is 3.78. The fourth-order valence-corrected chi connectivity index (χ4v) is 3.18. The van der Waals surface area contributed by atoms with E-state index >= 15 is 0 Å². The third-order valence-electron chi connectivity index (χ3n) is 4.49. The van der Waals surface area contributed by atoms with E-state index in [-0.39, 0.29) is 5.91 Å². The van der Waals surface area contributed by atoms with E-state index in [0.717, 1.165) is 37.1 Å². The summed E-state index contributed by atoms with van der Waals surface area (Å²) in [6, 6.07) is 10.0. The molecule has 1 atom stereocenters. The molecule has 0 aliphatic carbocycles. The van der Waals surface area contributed by atoms with Gasteiger partial charge in [-0.25, -0.2) is 0 Å². The van der Waals surface area contributed by atoms with Gasteiger partial charge < -0.3 is 10.1 Å². The molecule has 0 saturated carbocycles. The maximum absolute atomic E-state index is 12.5. The number of amides is 1. The quantitative estimate of drug-likeness (QED) is 0.919. The van der Waals surface area contributed by atoms with Crippen molar-refractivity contribution in [3.05, 3.63) is 47.3 Å². The number of para-hydroxylation sites is 1. The lowest BCUT2D eigenvalue weighted by Gasteiger charge is -2.14. The van der Waals surface area contributed by atoms with E-state index in [0.29, 0.717) is 24.8 Å². The van der Waals surface area contributed by atoms with Crippen molar-refractivity contribution in [2.45, 2.75) is 32.6 Å². The first-order valence-electron chi connectivity index (χ1n) is 8.69. The zero-order valence-electron chi connectivity index (χ0n) is 14.4. The number of aryl methyl sites for hydroxylation is 2. The Morgan fingerprint density at radius 1 is 1.42 bits per heavy atom. The molecule has 1 aromatic heterocycles. The van der Waals surface area contributed by atoms with Crippen LogP contribution in [0.5, 0.6) is 5.75 Å². The highest BCUT2D eigenvalue weighted by Crippen LogP contribution is 2.26. The monoisotopic (exact) mass is 327 g/mol. The SMILES string of the molecule is CCCc1cc(C(=O)NC[C@H]2CCOc3ccccc3C2)n(C)n1. The summed E-state index contributed by atoms with van der Waals surface area (Å²) in [7, 11) is 1.82. The van der Waals surface area contributed by atoms with Gasteiger partial charge in [0.1, 0.15) is 11.4 Å². The highest BCUT2D eigenvalue weighted by Gasteiger charge is 2.19. The van der Waals surface area contributed by atoms with E-state index in [9.17, 15) is 4.79 Å². The number of nitrogens with zero attached hydrogens (tertiary/aromatic N) is 2. The largest absolute Gasteiger partial charge is 0.493 e. The van der Waals surface area contributed by atoms with Crippen LogP contribution in [0, 0.1) is 5.92 Å². The van der Waals surface area contributed by atoms with Gasteiger partial charge in [-0.05, 0) is 42.9 Å². The second-order valence-corrected chi connectivity index (χ2v) is 6.42. The van der Waals surface area contributed by atoms with Crippen LogP contribution in [0.3, 0.4) is 0 Å². The molecule has 5 nitrogen and oxygen atoms in total. The lowest BCUT2D eigenvalue weighted by molar-refractivity contribution is 0.0936. The Hall–Kier alpha value is -2.30. The van der Waals surface area contributed by atoms with Crippen molar-refractivity contribution in [3.8, 4) is 5.75 Å². The fraction of sp³-hybridized carbons (Fsp3) is 0.474. The van der Waals surface area contributed by atoms with Crippen LogP contribution in [0.25, 0.3) is 0 Å². The average molecular weight is 327 g/mol. The topological polar surface area (TPSA) is 56.1 Å². The Balaban J connectivity index is 1.60. The molecule has 1 aromatic carbocycles. The van der Waals surface area contributed by atoms with Gasteiger partial charge in [-0.3, -0.25) is 9.48 Å². The van der Waals surface area contributed by atoms with E-state index in [1.165, 1.54) is 5.56 Å². The summed E-state index contributed by atoms with van der Waals surface area (Å²) in [6.07, 6.45) is 3.81. The molecule has 1 N–H and O–H groups in total. The van der Waals surface area contributed by atoms with Gasteiger partial charge in [0.2, 0.25) is 0 Å². The molecule has 0 bridgehead atoms. The fourth-order valence-electron chi connectivity index (χ4n) is 3.18. The van der Waals surface area contributed by atoms with Crippen LogP contribution in [-0.4, -0.2) is 28.8 Å². The van der Waals surface area contributed by atoms with E-state index in [4.69, 9.17) is 4.74 Å². The summed E-state index contributed by atoms with van der Waals surface area (Å²) in [5.41, 5.74) is 2.82. The summed E-state index contributed by atoms with van der Waals surface area (Å²) in [4.78, 5) is 12.5. The Morgan fingerprint density at radius 2 is 2.25 bits per heavy atom. The van der Waals surface area contributed by atoms with Gasteiger partial charge in [-0.2, -0.15) is 5.10 Å². The minimum absolute atomic E-state index is 0.0502. The standard InChI is InChI=1S/C19H25N3O2/c1-3-6-16-12-17(22(2)21-16)19(23)20-13-14-9-10-24-18-8-5-4-7-15(18)11-14/h4-5,7-8,12,14H,3,6,9-11,13H2,1-2H3,(H,20,23)/t14-/m0/s1. The van der Waals surface area contributed by atoms with Crippen LogP contribution in [0.2, 0.25) is 0 Å². The van der Waals surface area contributed by atoms with Gasteiger partial charge in [0, 0.05) is 13.6 Å². The highest BCUT2D eigenvalue weighted by molar-refractivity contribution is 5.92. The first-order chi connectivity index (χ1) is 11.7. The maximum atomic E-state index is 12.5.